The molecule has 5 heteroatoms. The predicted molar refractivity (Wildman–Crippen MR) is 54.6 cm³/mol. The van der Waals surface area contributed by atoms with Gasteiger partial charge < -0.3 is 0 Å². The molecule has 5 nitrogen and oxygen atoms in total. The van der Waals surface area contributed by atoms with Crippen LogP contribution in [0.25, 0.3) is 0 Å². The normalized spacial score (nSPS) is 15.7. The first kappa shape index (κ1) is 9.64. The zero-order valence-electron chi connectivity index (χ0n) is 8.57. The third-order valence-corrected chi connectivity index (χ3v) is 2.28. The Labute approximate surface area is 87.1 Å². The second-order valence-corrected chi connectivity index (χ2v) is 3.50. The molecule has 0 spiro atoms. The lowest BCUT2D eigenvalue weighted by Gasteiger charge is -2.15. The van der Waals surface area contributed by atoms with E-state index in [9.17, 15) is 9.59 Å². The molecule has 1 fully saturated rings. The van der Waals surface area contributed by atoms with E-state index in [-0.39, 0.29) is 18.5 Å². The Morgan fingerprint density at radius 3 is 2.60 bits per heavy atom. The van der Waals surface area contributed by atoms with Crippen LogP contribution in [-0.4, -0.2) is 23.5 Å². The minimum Gasteiger partial charge on any atom is -0.283 e. The van der Waals surface area contributed by atoms with Crippen LogP contribution in [0, 0.1) is 13.8 Å². The summed E-state index contributed by atoms with van der Waals surface area (Å²) >= 11 is 0. The van der Waals surface area contributed by atoms with E-state index in [1.165, 1.54) is 4.90 Å². The van der Waals surface area contributed by atoms with Gasteiger partial charge in [-0.2, -0.15) is 0 Å². The van der Waals surface area contributed by atoms with Gasteiger partial charge in [-0.05, 0) is 26.0 Å². The predicted octanol–water partition coefficient (Wildman–Crippen LogP) is 0.755. The number of hydrogen-bond acceptors (Lipinski definition) is 3. The molecule has 2 rings (SSSR count). The summed E-state index contributed by atoms with van der Waals surface area (Å²) in [5, 5.41) is 2.23. The standard InChI is InChI=1S/C10H11N3O2/c1-6-3-4-8(7(2)11-6)13-5-9(14)12-10(13)15/h3-4H,5H2,1-2H3,(H,12,14,15). The molecule has 1 aliphatic heterocycles. The van der Waals surface area contributed by atoms with Crippen LogP contribution < -0.4 is 10.2 Å². The van der Waals surface area contributed by atoms with E-state index < -0.39 is 0 Å². The Morgan fingerprint density at radius 2 is 2.07 bits per heavy atom. The molecule has 0 atom stereocenters. The SMILES string of the molecule is Cc1ccc(N2CC(=O)NC2=O)c(C)n1. The average Bonchev–Trinajstić information content (AvgIpc) is 2.45. The number of imide groups is 1. The van der Waals surface area contributed by atoms with E-state index in [4.69, 9.17) is 0 Å². The van der Waals surface area contributed by atoms with Gasteiger partial charge in [0.1, 0.15) is 6.54 Å². The minimum atomic E-state index is -0.381. The molecule has 0 aromatic carbocycles. The second-order valence-electron chi connectivity index (χ2n) is 3.50. The molecule has 15 heavy (non-hydrogen) atoms. The fourth-order valence-electron chi connectivity index (χ4n) is 1.60. The summed E-state index contributed by atoms with van der Waals surface area (Å²) in [6.07, 6.45) is 0. The van der Waals surface area contributed by atoms with E-state index in [1.807, 2.05) is 19.9 Å². The molecule has 0 unspecified atom stereocenters. The number of nitrogens with zero attached hydrogens (tertiary/aromatic N) is 2. The molecule has 1 aromatic heterocycles. The van der Waals surface area contributed by atoms with Crippen molar-refractivity contribution in [3.8, 4) is 0 Å². The number of nitrogens with one attached hydrogen (secondary N) is 1. The monoisotopic (exact) mass is 205 g/mol. The number of anilines is 1. The number of rotatable bonds is 1. The first-order valence-corrected chi connectivity index (χ1v) is 4.63. The second kappa shape index (κ2) is 3.34. The van der Waals surface area contributed by atoms with Gasteiger partial charge in [0, 0.05) is 5.69 Å². The first-order valence-electron chi connectivity index (χ1n) is 4.63. The van der Waals surface area contributed by atoms with Crippen molar-refractivity contribution >= 4 is 17.6 Å². The molecule has 0 radical (unpaired) electrons. The lowest BCUT2D eigenvalue weighted by Crippen LogP contribution is -2.28. The van der Waals surface area contributed by atoms with Gasteiger partial charge in [0.2, 0.25) is 5.91 Å². The molecule has 78 valence electrons. The van der Waals surface area contributed by atoms with Crippen LogP contribution >= 0.6 is 0 Å². The molecule has 1 saturated heterocycles. The van der Waals surface area contributed by atoms with E-state index in [0.717, 1.165) is 11.4 Å². The van der Waals surface area contributed by atoms with Gasteiger partial charge in [0.15, 0.2) is 0 Å². The Bertz CT molecular complexity index is 442. The fraction of sp³-hybridized carbons (Fsp3) is 0.300. The maximum Gasteiger partial charge on any atom is 0.329 e. The topological polar surface area (TPSA) is 62.3 Å². The van der Waals surface area contributed by atoms with Crippen molar-refractivity contribution in [2.45, 2.75) is 13.8 Å². The molecule has 1 aliphatic rings. The first-order chi connectivity index (χ1) is 7.08. The van der Waals surface area contributed by atoms with Gasteiger partial charge in [-0.15, -0.1) is 0 Å². The van der Waals surface area contributed by atoms with Crippen LogP contribution in [0.2, 0.25) is 0 Å². The molecular weight excluding hydrogens is 194 g/mol. The number of carbonyl (C=O) groups is 2. The number of amides is 3. The Balaban J connectivity index is 2.38. The third kappa shape index (κ3) is 1.68. The lowest BCUT2D eigenvalue weighted by atomic mass is 10.2. The summed E-state index contributed by atoms with van der Waals surface area (Å²) in [4.78, 5) is 28.0. The van der Waals surface area contributed by atoms with Crippen LogP contribution in [0.15, 0.2) is 12.1 Å². The number of pyridine rings is 1. The van der Waals surface area contributed by atoms with Crippen molar-refractivity contribution < 1.29 is 9.59 Å². The zero-order chi connectivity index (χ0) is 11.0. The maximum absolute atomic E-state index is 11.4. The Hall–Kier alpha value is -1.91. The largest absolute Gasteiger partial charge is 0.329 e. The summed E-state index contributed by atoms with van der Waals surface area (Å²) in [5.74, 6) is -0.278. The van der Waals surface area contributed by atoms with E-state index in [2.05, 4.69) is 10.3 Å². The summed E-state index contributed by atoms with van der Waals surface area (Å²) in [5.41, 5.74) is 2.32. The Kier molecular flexibility index (Phi) is 2.15. The summed E-state index contributed by atoms with van der Waals surface area (Å²) in [6, 6.07) is 3.24. The molecule has 0 bridgehead atoms. The highest BCUT2D eigenvalue weighted by Crippen LogP contribution is 2.20. The average molecular weight is 205 g/mol. The summed E-state index contributed by atoms with van der Waals surface area (Å²) in [6.45, 7) is 3.77. The quantitative estimate of drug-likeness (QED) is 0.688. The van der Waals surface area contributed by atoms with E-state index in [0.29, 0.717) is 5.69 Å². The smallest absolute Gasteiger partial charge is 0.283 e. The number of urea groups is 1. The van der Waals surface area contributed by atoms with Gasteiger partial charge in [0.05, 0.1) is 11.4 Å². The van der Waals surface area contributed by atoms with Crippen LogP contribution in [0.1, 0.15) is 11.4 Å². The van der Waals surface area contributed by atoms with Gasteiger partial charge in [-0.3, -0.25) is 20.0 Å². The van der Waals surface area contributed by atoms with Crippen LogP contribution in [0.3, 0.4) is 0 Å². The van der Waals surface area contributed by atoms with Crippen LogP contribution in [0.4, 0.5) is 10.5 Å². The number of aromatic nitrogens is 1. The van der Waals surface area contributed by atoms with Crippen molar-refractivity contribution in [2.75, 3.05) is 11.4 Å². The maximum atomic E-state index is 11.4. The molecule has 3 amide bonds. The van der Waals surface area contributed by atoms with Crippen LogP contribution in [-0.2, 0) is 4.79 Å². The molecule has 0 saturated carbocycles. The van der Waals surface area contributed by atoms with Crippen LogP contribution in [0.5, 0.6) is 0 Å². The molecular formula is C10H11N3O2. The van der Waals surface area contributed by atoms with Crippen molar-refractivity contribution in [3.05, 3.63) is 23.5 Å². The summed E-state index contributed by atoms with van der Waals surface area (Å²) in [7, 11) is 0. The third-order valence-electron chi connectivity index (χ3n) is 2.28. The number of hydrogen-bond donors (Lipinski definition) is 1. The number of carbonyl (C=O) groups excluding carboxylic acids is 2. The van der Waals surface area contributed by atoms with Crippen molar-refractivity contribution in [1.29, 1.82) is 0 Å². The van der Waals surface area contributed by atoms with Crippen molar-refractivity contribution in [3.63, 3.8) is 0 Å². The van der Waals surface area contributed by atoms with Gasteiger partial charge in [-0.1, -0.05) is 0 Å². The minimum absolute atomic E-state index is 0.0738. The van der Waals surface area contributed by atoms with Crippen molar-refractivity contribution in [2.24, 2.45) is 0 Å². The lowest BCUT2D eigenvalue weighted by molar-refractivity contribution is -0.117. The van der Waals surface area contributed by atoms with Gasteiger partial charge in [-0.25, -0.2) is 4.79 Å². The molecule has 1 N–H and O–H groups in total. The Morgan fingerprint density at radius 1 is 1.33 bits per heavy atom. The fourth-order valence-corrected chi connectivity index (χ4v) is 1.60. The highest BCUT2D eigenvalue weighted by atomic mass is 16.2. The van der Waals surface area contributed by atoms with E-state index >= 15 is 0 Å². The molecule has 0 aliphatic carbocycles. The highest BCUT2D eigenvalue weighted by molar-refractivity contribution is 6.12. The van der Waals surface area contributed by atoms with Crippen molar-refractivity contribution in [1.82, 2.24) is 10.3 Å². The molecule has 2 heterocycles. The molecule has 1 aromatic rings. The summed E-state index contributed by atoms with van der Waals surface area (Å²) < 4.78 is 0. The van der Waals surface area contributed by atoms with E-state index in [1.54, 1.807) is 6.07 Å². The highest BCUT2D eigenvalue weighted by Gasteiger charge is 2.29. The zero-order valence-corrected chi connectivity index (χ0v) is 8.57. The van der Waals surface area contributed by atoms with Gasteiger partial charge in [0.25, 0.3) is 0 Å². The number of aryl methyl sites for hydroxylation is 2. The van der Waals surface area contributed by atoms with Gasteiger partial charge >= 0.3 is 6.03 Å².